The van der Waals surface area contributed by atoms with Crippen LogP contribution in [0, 0.1) is 0 Å². The standard InChI is InChI=1S/C15H32N2O/c1-3-5-11-14(10-4-2)17-15(18)12-8-6-7-9-13-16/h14H,3-13,16H2,1-2H3,(H,17,18). The first-order valence-electron chi connectivity index (χ1n) is 7.74. The van der Waals surface area contributed by atoms with Gasteiger partial charge in [0.15, 0.2) is 0 Å². The second kappa shape index (κ2) is 12.9. The quantitative estimate of drug-likeness (QED) is 0.526. The van der Waals surface area contributed by atoms with Crippen LogP contribution in [0.15, 0.2) is 0 Å². The van der Waals surface area contributed by atoms with Crippen molar-refractivity contribution in [2.24, 2.45) is 5.73 Å². The van der Waals surface area contributed by atoms with Crippen molar-refractivity contribution in [3.8, 4) is 0 Å². The Kier molecular flexibility index (Phi) is 12.5. The molecule has 1 unspecified atom stereocenters. The Morgan fingerprint density at radius 3 is 2.33 bits per heavy atom. The third-order valence-electron chi connectivity index (χ3n) is 3.27. The molecule has 0 aliphatic rings. The van der Waals surface area contributed by atoms with Gasteiger partial charge in [0, 0.05) is 12.5 Å². The second-order valence-electron chi connectivity index (χ2n) is 5.15. The van der Waals surface area contributed by atoms with Crippen molar-refractivity contribution in [3.05, 3.63) is 0 Å². The predicted octanol–water partition coefficient (Wildman–Crippen LogP) is 3.37. The number of carbonyl (C=O) groups is 1. The molecule has 0 rings (SSSR count). The van der Waals surface area contributed by atoms with Gasteiger partial charge in [0.25, 0.3) is 0 Å². The van der Waals surface area contributed by atoms with Crippen LogP contribution in [0.5, 0.6) is 0 Å². The van der Waals surface area contributed by atoms with E-state index in [1.165, 1.54) is 12.8 Å². The molecule has 0 saturated heterocycles. The van der Waals surface area contributed by atoms with Gasteiger partial charge in [-0.2, -0.15) is 0 Å². The maximum Gasteiger partial charge on any atom is 0.220 e. The van der Waals surface area contributed by atoms with Gasteiger partial charge in [0.05, 0.1) is 0 Å². The van der Waals surface area contributed by atoms with Crippen molar-refractivity contribution in [1.82, 2.24) is 5.32 Å². The molecule has 0 aliphatic heterocycles. The summed E-state index contributed by atoms with van der Waals surface area (Å²) in [4.78, 5) is 11.8. The summed E-state index contributed by atoms with van der Waals surface area (Å²) in [7, 11) is 0. The lowest BCUT2D eigenvalue weighted by Gasteiger charge is -2.17. The van der Waals surface area contributed by atoms with Crippen molar-refractivity contribution in [2.75, 3.05) is 6.54 Å². The molecular formula is C15H32N2O. The lowest BCUT2D eigenvalue weighted by atomic mass is 10.0. The Morgan fingerprint density at radius 1 is 1.00 bits per heavy atom. The zero-order valence-corrected chi connectivity index (χ0v) is 12.3. The topological polar surface area (TPSA) is 55.1 Å². The molecule has 0 heterocycles. The van der Waals surface area contributed by atoms with Gasteiger partial charge in [-0.25, -0.2) is 0 Å². The van der Waals surface area contributed by atoms with Gasteiger partial charge in [-0.15, -0.1) is 0 Å². The minimum absolute atomic E-state index is 0.234. The fourth-order valence-electron chi connectivity index (χ4n) is 2.17. The first kappa shape index (κ1) is 17.4. The maximum atomic E-state index is 11.8. The zero-order chi connectivity index (χ0) is 13.6. The molecule has 3 heteroatoms. The number of nitrogens with one attached hydrogen (secondary N) is 1. The Morgan fingerprint density at radius 2 is 1.72 bits per heavy atom. The van der Waals surface area contributed by atoms with E-state index in [4.69, 9.17) is 5.73 Å². The second-order valence-corrected chi connectivity index (χ2v) is 5.15. The molecule has 0 spiro atoms. The van der Waals surface area contributed by atoms with E-state index in [1.807, 2.05) is 0 Å². The fourth-order valence-corrected chi connectivity index (χ4v) is 2.17. The molecule has 0 aromatic heterocycles. The highest BCUT2D eigenvalue weighted by Crippen LogP contribution is 2.08. The molecule has 18 heavy (non-hydrogen) atoms. The van der Waals surface area contributed by atoms with Crippen LogP contribution in [-0.4, -0.2) is 18.5 Å². The molecule has 1 amide bonds. The van der Waals surface area contributed by atoms with Crippen LogP contribution in [0.4, 0.5) is 0 Å². The number of amides is 1. The molecule has 108 valence electrons. The van der Waals surface area contributed by atoms with Gasteiger partial charge < -0.3 is 11.1 Å². The molecule has 0 aromatic rings. The van der Waals surface area contributed by atoms with Gasteiger partial charge in [-0.05, 0) is 32.2 Å². The molecule has 0 aromatic carbocycles. The summed E-state index contributed by atoms with van der Waals surface area (Å²) in [5.41, 5.74) is 5.44. The van der Waals surface area contributed by atoms with Crippen molar-refractivity contribution < 1.29 is 4.79 Å². The lowest BCUT2D eigenvalue weighted by molar-refractivity contribution is -0.122. The Bertz CT molecular complexity index is 195. The molecular weight excluding hydrogens is 224 g/mol. The molecule has 0 bridgehead atoms. The summed E-state index contributed by atoms with van der Waals surface area (Å²) < 4.78 is 0. The first-order chi connectivity index (χ1) is 8.74. The average Bonchev–Trinajstić information content (AvgIpc) is 2.36. The van der Waals surface area contributed by atoms with E-state index in [1.54, 1.807) is 0 Å². The number of unbranched alkanes of at least 4 members (excludes halogenated alkanes) is 4. The summed E-state index contributed by atoms with van der Waals surface area (Å²) in [5.74, 6) is 0.234. The normalized spacial score (nSPS) is 12.4. The monoisotopic (exact) mass is 256 g/mol. The van der Waals surface area contributed by atoms with E-state index in [-0.39, 0.29) is 5.91 Å². The molecule has 0 fully saturated rings. The molecule has 1 atom stereocenters. The average molecular weight is 256 g/mol. The molecule has 0 aliphatic carbocycles. The van der Waals surface area contributed by atoms with Crippen molar-refractivity contribution in [2.45, 2.75) is 84.1 Å². The van der Waals surface area contributed by atoms with Crippen LogP contribution >= 0.6 is 0 Å². The summed E-state index contributed by atoms with van der Waals surface area (Å²) in [6.07, 6.45) is 10.8. The lowest BCUT2D eigenvalue weighted by Crippen LogP contribution is -2.34. The molecule has 3 nitrogen and oxygen atoms in total. The summed E-state index contributed by atoms with van der Waals surface area (Å²) >= 11 is 0. The smallest absolute Gasteiger partial charge is 0.220 e. The zero-order valence-electron chi connectivity index (χ0n) is 12.3. The predicted molar refractivity (Wildman–Crippen MR) is 78.5 cm³/mol. The maximum absolute atomic E-state index is 11.8. The summed E-state index contributed by atoms with van der Waals surface area (Å²) in [6, 6.07) is 0.395. The molecule has 3 N–H and O–H groups in total. The van der Waals surface area contributed by atoms with Crippen molar-refractivity contribution >= 4 is 5.91 Å². The third-order valence-corrected chi connectivity index (χ3v) is 3.27. The van der Waals surface area contributed by atoms with Crippen molar-refractivity contribution in [1.29, 1.82) is 0 Å². The number of carbonyl (C=O) groups excluding carboxylic acids is 1. The Balaban J connectivity index is 3.66. The summed E-state index contributed by atoms with van der Waals surface area (Å²) in [5, 5.41) is 3.18. The Labute approximate surface area is 113 Å². The molecule has 0 radical (unpaired) electrons. The van der Waals surface area contributed by atoms with E-state index in [0.29, 0.717) is 12.5 Å². The SMILES string of the molecule is CCCCC(CCC)NC(=O)CCCCCCN. The number of rotatable bonds is 12. The fraction of sp³-hybridized carbons (Fsp3) is 0.933. The van der Waals surface area contributed by atoms with Gasteiger partial charge in [-0.1, -0.05) is 46.0 Å². The van der Waals surface area contributed by atoms with E-state index in [0.717, 1.165) is 51.5 Å². The summed E-state index contributed by atoms with van der Waals surface area (Å²) in [6.45, 7) is 5.14. The van der Waals surface area contributed by atoms with Crippen LogP contribution in [0.1, 0.15) is 78.1 Å². The van der Waals surface area contributed by atoms with E-state index in [2.05, 4.69) is 19.2 Å². The number of hydrogen-bond acceptors (Lipinski definition) is 2. The minimum Gasteiger partial charge on any atom is -0.353 e. The van der Waals surface area contributed by atoms with E-state index in [9.17, 15) is 4.79 Å². The van der Waals surface area contributed by atoms with Crippen LogP contribution < -0.4 is 11.1 Å². The number of hydrogen-bond donors (Lipinski definition) is 2. The van der Waals surface area contributed by atoms with Gasteiger partial charge in [0.2, 0.25) is 5.91 Å². The van der Waals surface area contributed by atoms with Gasteiger partial charge in [0.1, 0.15) is 0 Å². The first-order valence-corrected chi connectivity index (χ1v) is 7.74. The van der Waals surface area contributed by atoms with Gasteiger partial charge >= 0.3 is 0 Å². The van der Waals surface area contributed by atoms with Crippen molar-refractivity contribution in [3.63, 3.8) is 0 Å². The van der Waals surface area contributed by atoms with Crippen LogP contribution in [0.3, 0.4) is 0 Å². The third kappa shape index (κ3) is 10.6. The number of nitrogens with two attached hydrogens (primary N) is 1. The van der Waals surface area contributed by atoms with E-state index >= 15 is 0 Å². The van der Waals surface area contributed by atoms with Gasteiger partial charge in [-0.3, -0.25) is 4.79 Å². The molecule has 0 saturated carbocycles. The minimum atomic E-state index is 0.234. The largest absolute Gasteiger partial charge is 0.353 e. The van der Waals surface area contributed by atoms with Crippen LogP contribution in [0.25, 0.3) is 0 Å². The van der Waals surface area contributed by atoms with Crippen LogP contribution in [-0.2, 0) is 4.79 Å². The van der Waals surface area contributed by atoms with Crippen LogP contribution in [0.2, 0.25) is 0 Å². The highest BCUT2D eigenvalue weighted by atomic mass is 16.1. The Hall–Kier alpha value is -0.570. The highest BCUT2D eigenvalue weighted by molar-refractivity contribution is 5.76. The van der Waals surface area contributed by atoms with E-state index < -0.39 is 0 Å². The highest BCUT2D eigenvalue weighted by Gasteiger charge is 2.10.